The van der Waals surface area contributed by atoms with Crippen molar-refractivity contribution in [3.05, 3.63) is 64.2 Å². The summed E-state index contributed by atoms with van der Waals surface area (Å²) in [5.41, 5.74) is 7.71. The molecule has 30 heavy (non-hydrogen) atoms. The maximum absolute atomic E-state index is 11.3. The van der Waals surface area contributed by atoms with Crippen molar-refractivity contribution in [3.8, 4) is 28.3 Å². The number of phenolic OH excluding ortho intramolecular Hbond substituents is 1. The number of aromatic hydroxyl groups is 1. The summed E-state index contributed by atoms with van der Waals surface area (Å²) in [4.78, 5) is 33.3. The monoisotopic (exact) mass is 405 g/mol. The molecule has 4 aromatic rings. The van der Waals surface area contributed by atoms with Crippen LogP contribution in [0.5, 0.6) is 5.75 Å². The number of H-pyrrole nitrogens is 1. The molecular formula is C20H15N5O5. The van der Waals surface area contributed by atoms with Crippen molar-refractivity contribution in [1.82, 2.24) is 15.0 Å². The molecule has 5 N–H and O–H groups in total. The third-order valence-corrected chi connectivity index (χ3v) is 4.52. The van der Waals surface area contributed by atoms with E-state index in [1.54, 1.807) is 18.2 Å². The summed E-state index contributed by atoms with van der Waals surface area (Å²) in [6, 6.07) is 12.0. The van der Waals surface area contributed by atoms with Crippen LogP contribution < -0.4 is 5.73 Å². The summed E-state index contributed by atoms with van der Waals surface area (Å²) < 4.78 is 0. The van der Waals surface area contributed by atoms with Crippen molar-refractivity contribution in [1.29, 1.82) is 0 Å². The summed E-state index contributed by atoms with van der Waals surface area (Å²) in [6.45, 7) is 0. The lowest BCUT2D eigenvalue weighted by Gasteiger charge is -2.12. The van der Waals surface area contributed by atoms with Gasteiger partial charge in [0.1, 0.15) is 17.4 Å². The Kier molecular flexibility index (Phi) is 4.51. The number of nitro benzene ring substituents is 1. The number of phenols is 1. The quantitative estimate of drug-likeness (QED) is 0.290. The topological polar surface area (TPSA) is 168 Å². The van der Waals surface area contributed by atoms with Gasteiger partial charge in [0.05, 0.1) is 22.4 Å². The summed E-state index contributed by atoms with van der Waals surface area (Å²) in [5, 5.41) is 31.3. The lowest BCUT2D eigenvalue weighted by atomic mass is 9.96. The highest BCUT2D eigenvalue weighted by molar-refractivity contribution is 5.85. The first kappa shape index (κ1) is 18.9. The Morgan fingerprint density at radius 2 is 1.90 bits per heavy atom. The summed E-state index contributed by atoms with van der Waals surface area (Å²) >= 11 is 0. The molecule has 0 amide bonds. The third-order valence-electron chi connectivity index (χ3n) is 4.52. The van der Waals surface area contributed by atoms with Gasteiger partial charge in [0.25, 0.3) is 5.69 Å². The van der Waals surface area contributed by atoms with Gasteiger partial charge in [-0.15, -0.1) is 0 Å². The lowest BCUT2D eigenvalue weighted by Crippen LogP contribution is -2.01. The zero-order valence-electron chi connectivity index (χ0n) is 15.4. The van der Waals surface area contributed by atoms with Crippen molar-refractivity contribution in [2.24, 2.45) is 0 Å². The number of carboxylic acids is 1. The normalized spacial score (nSPS) is 10.9. The number of carboxylic acid groups (broad SMARTS) is 1. The fourth-order valence-electron chi connectivity index (χ4n) is 3.19. The fourth-order valence-corrected chi connectivity index (χ4v) is 3.19. The molecule has 0 aliphatic heterocycles. The summed E-state index contributed by atoms with van der Waals surface area (Å²) in [7, 11) is 0. The van der Waals surface area contributed by atoms with E-state index in [1.807, 2.05) is 0 Å². The van der Waals surface area contributed by atoms with Crippen LogP contribution in [0.25, 0.3) is 33.7 Å². The van der Waals surface area contributed by atoms with Gasteiger partial charge in [-0.1, -0.05) is 12.1 Å². The minimum absolute atomic E-state index is 0.152. The van der Waals surface area contributed by atoms with Crippen LogP contribution >= 0.6 is 0 Å². The number of aliphatic carboxylic acids is 1. The molecule has 0 saturated heterocycles. The number of aromatic amines is 1. The molecule has 0 atom stereocenters. The number of aromatic nitrogens is 3. The number of hydrogen-bond acceptors (Lipinski definition) is 7. The molecule has 0 bridgehead atoms. The number of imidazole rings is 1. The first-order valence-corrected chi connectivity index (χ1v) is 8.77. The van der Waals surface area contributed by atoms with Crippen LogP contribution in [0.1, 0.15) is 5.56 Å². The van der Waals surface area contributed by atoms with E-state index in [2.05, 4.69) is 15.0 Å². The molecule has 2 aromatic heterocycles. The zero-order chi connectivity index (χ0) is 21.4. The van der Waals surface area contributed by atoms with E-state index in [1.165, 1.54) is 30.3 Å². The number of nitrogen functional groups attached to an aromatic ring is 1. The first-order chi connectivity index (χ1) is 14.3. The Balaban J connectivity index is 1.93. The summed E-state index contributed by atoms with van der Waals surface area (Å²) in [5.74, 6) is -0.714. The molecular weight excluding hydrogens is 390 g/mol. The van der Waals surface area contributed by atoms with Crippen LogP contribution in [0.15, 0.2) is 48.5 Å². The number of non-ortho nitro benzene ring substituents is 1. The van der Waals surface area contributed by atoms with Crippen LogP contribution in [-0.4, -0.2) is 36.1 Å². The van der Waals surface area contributed by atoms with Gasteiger partial charge in [-0.2, -0.15) is 0 Å². The molecule has 2 heterocycles. The lowest BCUT2D eigenvalue weighted by molar-refractivity contribution is -0.384. The third kappa shape index (κ3) is 3.49. The molecule has 0 spiro atoms. The van der Waals surface area contributed by atoms with E-state index in [9.17, 15) is 25.1 Å². The van der Waals surface area contributed by atoms with Crippen LogP contribution in [0, 0.1) is 10.1 Å². The van der Waals surface area contributed by atoms with E-state index in [4.69, 9.17) is 5.73 Å². The maximum atomic E-state index is 11.3. The minimum Gasteiger partial charge on any atom is -0.507 e. The molecule has 4 rings (SSSR count). The van der Waals surface area contributed by atoms with E-state index in [0.717, 1.165) is 0 Å². The van der Waals surface area contributed by atoms with Gasteiger partial charge in [0, 0.05) is 17.7 Å². The van der Waals surface area contributed by atoms with E-state index in [0.29, 0.717) is 22.3 Å². The number of nitrogens with zero attached hydrogens (tertiary/aromatic N) is 3. The number of rotatable bonds is 5. The number of nitro groups is 1. The average molecular weight is 405 g/mol. The van der Waals surface area contributed by atoms with E-state index in [-0.39, 0.29) is 40.6 Å². The Labute approximate surface area is 168 Å². The number of hydrogen-bond donors (Lipinski definition) is 4. The van der Waals surface area contributed by atoms with E-state index < -0.39 is 10.9 Å². The molecule has 0 saturated carbocycles. The smallest absolute Gasteiger partial charge is 0.307 e. The van der Waals surface area contributed by atoms with Crippen LogP contribution in [0.2, 0.25) is 0 Å². The largest absolute Gasteiger partial charge is 0.507 e. The minimum atomic E-state index is -1.06. The standard InChI is InChI=1S/C20H15N5O5/c21-16-5-4-15-20(23-16)24-19(22-15)14-7-10(8-17(26)27)6-13(18(14)28)11-2-1-3-12(9-11)25(29)30/h1-7,9,28H,8H2,(H,26,27)(H3,21,22,23,24). The highest BCUT2D eigenvalue weighted by atomic mass is 16.6. The van der Waals surface area contributed by atoms with Gasteiger partial charge in [0.2, 0.25) is 0 Å². The summed E-state index contributed by atoms with van der Waals surface area (Å²) in [6.07, 6.45) is -0.305. The van der Waals surface area contributed by atoms with Crippen molar-refractivity contribution < 1.29 is 19.9 Å². The van der Waals surface area contributed by atoms with Gasteiger partial charge < -0.3 is 20.9 Å². The van der Waals surface area contributed by atoms with Gasteiger partial charge in [0.15, 0.2) is 5.65 Å². The van der Waals surface area contributed by atoms with Crippen LogP contribution in [0.3, 0.4) is 0 Å². The Morgan fingerprint density at radius 1 is 1.13 bits per heavy atom. The molecule has 10 heteroatoms. The van der Waals surface area contributed by atoms with Crippen LogP contribution in [0.4, 0.5) is 11.5 Å². The average Bonchev–Trinajstić information content (AvgIpc) is 3.11. The second-order valence-electron chi connectivity index (χ2n) is 6.61. The zero-order valence-corrected chi connectivity index (χ0v) is 15.4. The van der Waals surface area contributed by atoms with Gasteiger partial charge in [-0.25, -0.2) is 9.97 Å². The van der Waals surface area contributed by atoms with Crippen molar-refractivity contribution >= 4 is 28.6 Å². The van der Waals surface area contributed by atoms with Gasteiger partial charge in [-0.3, -0.25) is 14.9 Å². The molecule has 10 nitrogen and oxygen atoms in total. The second kappa shape index (κ2) is 7.17. The maximum Gasteiger partial charge on any atom is 0.307 e. The second-order valence-corrected chi connectivity index (χ2v) is 6.61. The highest BCUT2D eigenvalue weighted by Crippen LogP contribution is 2.39. The highest BCUT2D eigenvalue weighted by Gasteiger charge is 2.19. The molecule has 0 fully saturated rings. The molecule has 0 aliphatic rings. The number of nitrogens with two attached hydrogens (primary N) is 1. The van der Waals surface area contributed by atoms with Gasteiger partial charge in [-0.05, 0) is 35.4 Å². The van der Waals surface area contributed by atoms with Gasteiger partial charge >= 0.3 is 5.97 Å². The fraction of sp³-hybridized carbons (Fsp3) is 0.0500. The number of carbonyl (C=O) groups is 1. The Hall–Kier alpha value is -4.47. The molecule has 150 valence electrons. The number of pyridine rings is 1. The molecule has 0 unspecified atom stereocenters. The Morgan fingerprint density at radius 3 is 2.63 bits per heavy atom. The number of anilines is 1. The van der Waals surface area contributed by atoms with E-state index >= 15 is 0 Å². The predicted octanol–water partition coefficient (Wildman–Crippen LogP) is 3.12. The number of benzene rings is 2. The van der Waals surface area contributed by atoms with Crippen LogP contribution in [-0.2, 0) is 11.2 Å². The SMILES string of the molecule is Nc1ccc2[nH]c(-c3cc(CC(=O)O)cc(-c4cccc([N+](=O)[O-])c4)c3O)nc2n1. The molecule has 0 aliphatic carbocycles. The molecule has 2 aromatic carbocycles. The van der Waals surface area contributed by atoms with Crippen molar-refractivity contribution in [3.63, 3.8) is 0 Å². The first-order valence-electron chi connectivity index (χ1n) is 8.77. The number of fused-ring (bicyclic) bond motifs is 1. The molecule has 0 radical (unpaired) electrons. The predicted molar refractivity (Wildman–Crippen MR) is 109 cm³/mol. The number of nitrogens with one attached hydrogen (secondary N) is 1. The van der Waals surface area contributed by atoms with Crippen molar-refractivity contribution in [2.45, 2.75) is 6.42 Å². The van der Waals surface area contributed by atoms with Crippen molar-refractivity contribution in [2.75, 3.05) is 5.73 Å². The Bertz CT molecular complexity index is 1310.